The van der Waals surface area contributed by atoms with Crippen LogP contribution in [0.25, 0.3) is 28.4 Å². The number of aliphatic hydroxyl groups is 3. The molecule has 0 bridgehead atoms. The summed E-state index contributed by atoms with van der Waals surface area (Å²) in [6.45, 7) is -0.463. The van der Waals surface area contributed by atoms with Crippen LogP contribution in [0.4, 0.5) is 0 Å². The van der Waals surface area contributed by atoms with Gasteiger partial charge in [0.05, 0.1) is 7.11 Å². The van der Waals surface area contributed by atoms with Crippen molar-refractivity contribution in [3.63, 3.8) is 0 Å². The lowest BCUT2D eigenvalue weighted by molar-refractivity contribution is -0.278. The standard InChI is InChI=1S/C31H28O11/c1-38-19-10-7-17(8-11-19)9-12-26(34)39-16-25-28(35)29(36)30(37)31(42-25)40-20-13-21(32)27-22(33)15-23(41-24(27)14-20)18-5-3-2-4-6-18/h2-15,25,28-32,35-37H,16H2,1H3/b12-9+/t25-,28-,29+,30-,31-/m1/s1. The molecule has 5 atom stereocenters. The summed E-state index contributed by atoms with van der Waals surface area (Å²) in [7, 11) is 1.54. The molecule has 42 heavy (non-hydrogen) atoms. The first-order valence-corrected chi connectivity index (χ1v) is 12.9. The minimum Gasteiger partial charge on any atom is -0.507 e. The molecule has 11 nitrogen and oxygen atoms in total. The highest BCUT2D eigenvalue weighted by molar-refractivity contribution is 5.87. The van der Waals surface area contributed by atoms with Crippen molar-refractivity contribution < 1.29 is 48.6 Å². The van der Waals surface area contributed by atoms with Crippen LogP contribution < -0.4 is 14.9 Å². The van der Waals surface area contributed by atoms with Crippen LogP contribution >= 0.6 is 0 Å². The van der Waals surface area contributed by atoms with Gasteiger partial charge in [-0.3, -0.25) is 4.79 Å². The topological polar surface area (TPSA) is 165 Å². The van der Waals surface area contributed by atoms with Crippen LogP contribution in [-0.2, 0) is 14.3 Å². The predicted molar refractivity (Wildman–Crippen MR) is 150 cm³/mol. The average Bonchev–Trinajstić information content (AvgIpc) is 3.00. The van der Waals surface area contributed by atoms with Crippen LogP contribution in [0, 0.1) is 0 Å². The lowest BCUT2D eigenvalue weighted by atomic mass is 9.99. The second kappa shape index (κ2) is 12.5. The van der Waals surface area contributed by atoms with E-state index >= 15 is 0 Å². The number of rotatable bonds is 8. The zero-order valence-corrected chi connectivity index (χ0v) is 22.3. The number of carbonyl (C=O) groups excluding carboxylic acids is 1. The zero-order chi connectivity index (χ0) is 29.8. The number of ether oxygens (including phenoxy) is 4. The second-order valence-electron chi connectivity index (χ2n) is 9.53. The van der Waals surface area contributed by atoms with Gasteiger partial charge < -0.3 is 43.8 Å². The normalized spacial score (nSPS) is 22.2. The quantitative estimate of drug-likeness (QED) is 0.180. The number of phenols is 1. The van der Waals surface area contributed by atoms with Crippen molar-refractivity contribution in [1.29, 1.82) is 0 Å². The lowest BCUT2D eigenvalue weighted by Crippen LogP contribution is -2.60. The average molecular weight is 577 g/mol. The summed E-state index contributed by atoms with van der Waals surface area (Å²) in [6.07, 6.45) is -5.11. The molecule has 1 aromatic heterocycles. The van der Waals surface area contributed by atoms with Gasteiger partial charge >= 0.3 is 5.97 Å². The van der Waals surface area contributed by atoms with Gasteiger partial charge in [0.1, 0.15) is 65.0 Å². The van der Waals surface area contributed by atoms with Crippen LogP contribution in [0.15, 0.2) is 88.1 Å². The van der Waals surface area contributed by atoms with Gasteiger partial charge in [-0.1, -0.05) is 42.5 Å². The van der Waals surface area contributed by atoms with Crippen LogP contribution in [0.1, 0.15) is 5.56 Å². The van der Waals surface area contributed by atoms with E-state index in [1.807, 2.05) is 6.07 Å². The zero-order valence-electron chi connectivity index (χ0n) is 22.3. The summed E-state index contributed by atoms with van der Waals surface area (Å²) >= 11 is 0. The number of hydrogen-bond donors (Lipinski definition) is 4. The van der Waals surface area contributed by atoms with E-state index in [1.165, 1.54) is 24.3 Å². The van der Waals surface area contributed by atoms with Crippen LogP contribution in [0.2, 0.25) is 0 Å². The Morgan fingerprint density at radius 2 is 1.67 bits per heavy atom. The van der Waals surface area contributed by atoms with Crippen molar-refractivity contribution in [2.24, 2.45) is 0 Å². The van der Waals surface area contributed by atoms with Gasteiger partial charge in [-0.2, -0.15) is 0 Å². The first kappa shape index (κ1) is 28.8. The second-order valence-corrected chi connectivity index (χ2v) is 9.53. The van der Waals surface area contributed by atoms with Crippen molar-refractivity contribution in [2.45, 2.75) is 30.7 Å². The summed E-state index contributed by atoms with van der Waals surface area (Å²) in [5, 5.41) is 41.8. The number of hydrogen-bond acceptors (Lipinski definition) is 11. The largest absolute Gasteiger partial charge is 0.507 e. The third-order valence-electron chi connectivity index (χ3n) is 6.68. The Morgan fingerprint density at radius 1 is 0.929 bits per heavy atom. The van der Waals surface area contributed by atoms with Crippen molar-refractivity contribution in [3.05, 3.63) is 94.7 Å². The van der Waals surface area contributed by atoms with Crippen molar-refractivity contribution in [3.8, 4) is 28.6 Å². The fraction of sp³-hybridized carbons (Fsp3) is 0.226. The van der Waals surface area contributed by atoms with Crippen molar-refractivity contribution >= 4 is 23.0 Å². The fourth-order valence-electron chi connectivity index (χ4n) is 4.43. The Labute approximate surface area is 239 Å². The molecule has 1 fully saturated rings. The molecule has 1 saturated heterocycles. The maximum absolute atomic E-state index is 12.7. The molecule has 11 heteroatoms. The number of phenolic OH excluding ortho intramolecular Hbond substituents is 1. The summed E-state index contributed by atoms with van der Waals surface area (Å²) in [4.78, 5) is 25.0. The third kappa shape index (κ3) is 6.29. The molecular weight excluding hydrogens is 548 g/mol. The van der Waals surface area contributed by atoms with Gasteiger partial charge in [0, 0.05) is 29.8 Å². The number of carbonyl (C=O) groups is 1. The van der Waals surface area contributed by atoms with E-state index < -0.39 is 54.5 Å². The molecule has 218 valence electrons. The smallest absolute Gasteiger partial charge is 0.330 e. The number of aromatic hydroxyl groups is 1. The van der Waals surface area contributed by atoms with Crippen LogP contribution in [0.3, 0.4) is 0 Å². The Balaban J connectivity index is 1.29. The van der Waals surface area contributed by atoms with Gasteiger partial charge in [-0.05, 0) is 23.8 Å². The summed E-state index contributed by atoms with van der Waals surface area (Å²) in [5.74, 6) is -0.297. The van der Waals surface area contributed by atoms with Crippen LogP contribution in [-0.4, -0.2) is 70.8 Å². The SMILES string of the molecule is COc1ccc(/C=C/C(=O)OC[C@H]2O[C@@H](Oc3cc(O)c4c(=O)cc(-c5ccccc5)oc4c3)[C@H](O)[C@@H](O)[C@@H]2O)cc1. The van der Waals surface area contributed by atoms with E-state index in [0.29, 0.717) is 11.3 Å². The molecular formula is C31H28O11. The molecule has 4 aromatic rings. The number of aliphatic hydroxyl groups excluding tert-OH is 3. The summed E-state index contributed by atoms with van der Waals surface area (Å²) in [5.41, 5.74) is 0.895. The molecule has 0 radical (unpaired) electrons. The Kier molecular flexibility index (Phi) is 8.55. The van der Waals surface area contributed by atoms with E-state index in [1.54, 1.807) is 55.6 Å². The molecule has 1 aliphatic heterocycles. The van der Waals surface area contributed by atoms with Gasteiger partial charge in [-0.25, -0.2) is 4.79 Å². The van der Waals surface area contributed by atoms with Gasteiger partial charge in [0.2, 0.25) is 6.29 Å². The highest BCUT2D eigenvalue weighted by Gasteiger charge is 2.45. The van der Waals surface area contributed by atoms with Gasteiger partial charge in [0.25, 0.3) is 0 Å². The Hall–Kier alpha value is -4.68. The first-order valence-electron chi connectivity index (χ1n) is 12.9. The molecule has 3 aromatic carbocycles. The molecule has 0 saturated carbocycles. The van der Waals surface area contributed by atoms with E-state index in [-0.39, 0.29) is 22.5 Å². The maximum Gasteiger partial charge on any atom is 0.330 e. The number of esters is 1. The van der Waals surface area contributed by atoms with Gasteiger partial charge in [-0.15, -0.1) is 0 Å². The van der Waals surface area contributed by atoms with E-state index in [4.69, 9.17) is 23.4 Å². The highest BCUT2D eigenvalue weighted by atomic mass is 16.7. The van der Waals surface area contributed by atoms with E-state index in [9.17, 15) is 30.0 Å². The molecule has 5 rings (SSSR count). The molecule has 0 amide bonds. The molecule has 0 spiro atoms. The summed E-state index contributed by atoms with van der Waals surface area (Å²) in [6, 6.07) is 19.6. The maximum atomic E-state index is 12.7. The number of fused-ring (bicyclic) bond motifs is 1. The molecule has 1 aliphatic rings. The minimum atomic E-state index is -1.71. The Bertz CT molecular complexity index is 1630. The molecule has 2 heterocycles. The highest BCUT2D eigenvalue weighted by Crippen LogP contribution is 2.33. The summed E-state index contributed by atoms with van der Waals surface area (Å²) < 4.78 is 27.4. The first-order chi connectivity index (χ1) is 20.2. The van der Waals surface area contributed by atoms with E-state index in [0.717, 1.165) is 11.6 Å². The monoisotopic (exact) mass is 576 g/mol. The predicted octanol–water partition coefficient (Wildman–Crippen LogP) is 2.62. The molecule has 4 N–H and O–H groups in total. The van der Waals surface area contributed by atoms with Crippen LogP contribution in [0.5, 0.6) is 17.2 Å². The van der Waals surface area contributed by atoms with Crippen molar-refractivity contribution in [2.75, 3.05) is 13.7 Å². The number of methoxy groups -OCH3 is 1. The van der Waals surface area contributed by atoms with Crippen molar-refractivity contribution in [1.82, 2.24) is 0 Å². The number of benzene rings is 3. The van der Waals surface area contributed by atoms with Gasteiger partial charge in [0.15, 0.2) is 5.43 Å². The fourth-order valence-corrected chi connectivity index (χ4v) is 4.43. The Morgan fingerprint density at radius 3 is 2.38 bits per heavy atom. The minimum absolute atomic E-state index is 0.0105. The molecule has 0 aliphatic carbocycles. The van der Waals surface area contributed by atoms with E-state index in [2.05, 4.69) is 0 Å². The lowest BCUT2D eigenvalue weighted by Gasteiger charge is -2.39. The third-order valence-corrected chi connectivity index (χ3v) is 6.68. The molecule has 0 unspecified atom stereocenters.